The van der Waals surface area contributed by atoms with Crippen LogP contribution in [0.3, 0.4) is 0 Å². The summed E-state index contributed by atoms with van der Waals surface area (Å²) in [5, 5.41) is 8.30. The number of nitrogens with one attached hydrogen (secondary N) is 1. The summed E-state index contributed by atoms with van der Waals surface area (Å²) in [4.78, 5) is -0.216. The van der Waals surface area contributed by atoms with Crippen molar-refractivity contribution in [2.75, 3.05) is 26.2 Å². The van der Waals surface area contributed by atoms with Gasteiger partial charge < -0.3 is 5.32 Å². The molecule has 116 valence electrons. The van der Waals surface area contributed by atoms with Crippen LogP contribution in [0.4, 0.5) is 0 Å². The van der Waals surface area contributed by atoms with E-state index in [2.05, 4.69) is 5.32 Å². The van der Waals surface area contributed by atoms with Crippen molar-refractivity contribution in [3.63, 3.8) is 0 Å². The highest BCUT2D eigenvalue weighted by Crippen LogP contribution is 2.31. The summed E-state index contributed by atoms with van der Waals surface area (Å²) < 4.78 is 49.4. The molecule has 2 saturated heterocycles. The molecular formula is C12H17N3O4S2. The summed E-state index contributed by atoms with van der Waals surface area (Å²) >= 11 is 0. The predicted octanol–water partition coefficient (Wildman–Crippen LogP) is -0.826. The topological polar surface area (TPSA) is 110 Å². The molecule has 3 N–H and O–H groups in total. The summed E-state index contributed by atoms with van der Waals surface area (Å²) in [5.41, 5.74) is 0. The second-order valence-corrected chi connectivity index (χ2v) is 9.02. The number of benzene rings is 1. The van der Waals surface area contributed by atoms with E-state index in [9.17, 15) is 16.8 Å². The van der Waals surface area contributed by atoms with Crippen molar-refractivity contribution in [3.05, 3.63) is 24.3 Å². The van der Waals surface area contributed by atoms with Crippen molar-refractivity contribution in [2.24, 2.45) is 17.0 Å². The van der Waals surface area contributed by atoms with Gasteiger partial charge in [0.25, 0.3) is 0 Å². The molecule has 1 aromatic carbocycles. The van der Waals surface area contributed by atoms with Crippen molar-refractivity contribution in [2.45, 2.75) is 9.79 Å². The maximum Gasteiger partial charge on any atom is 0.243 e. The van der Waals surface area contributed by atoms with E-state index >= 15 is 0 Å². The van der Waals surface area contributed by atoms with Crippen LogP contribution in [0.1, 0.15) is 0 Å². The van der Waals surface area contributed by atoms with Gasteiger partial charge in [0.1, 0.15) is 0 Å². The van der Waals surface area contributed by atoms with E-state index in [4.69, 9.17) is 5.14 Å². The minimum atomic E-state index is -3.92. The summed E-state index contributed by atoms with van der Waals surface area (Å²) in [5.74, 6) is 0.669. The third kappa shape index (κ3) is 2.71. The molecule has 0 aliphatic carbocycles. The third-order valence-electron chi connectivity index (χ3n) is 4.13. The van der Waals surface area contributed by atoms with Gasteiger partial charge in [-0.15, -0.1) is 0 Å². The van der Waals surface area contributed by atoms with E-state index in [1.165, 1.54) is 22.5 Å². The standard InChI is InChI=1S/C12H17N3O4S2/c13-20(16,17)11-2-1-3-12(4-11)21(18,19)15-7-9-5-14-6-10(9)8-15/h1-4,9-10,14H,5-8H2,(H2,13,16,17)/t9-,10+. The smallest absolute Gasteiger partial charge is 0.243 e. The van der Waals surface area contributed by atoms with Gasteiger partial charge in [-0.2, -0.15) is 4.31 Å². The Hall–Kier alpha value is -1.00. The van der Waals surface area contributed by atoms with Gasteiger partial charge in [0.2, 0.25) is 20.0 Å². The molecule has 2 aliphatic rings. The van der Waals surface area contributed by atoms with Gasteiger partial charge in [-0.05, 0) is 43.1 Å². The fourth-order valence-corrected chi connectivity index (χ4v) is 5.20. The fraction of sp³-hybridized carbons (Fsp3) is 0.500. The highest BCUT2D eigenvalue weighted by atomic mass is 32.2. The SMILES string of the molecule is NS(=O)(=O)c1cccc(S(=O)(=O)N2C[C@H]3CNC[C@H]3C2)c1. The molecule has 3 rings (SSSR count). The van der Waals surface area contributed by atoms with Crippen molar-refractivity contribution < 1.29 is 16.8 Å². The summed E-state index contributed by atoms with van der Waals surface area (Å²) in [7, 11) is -7.60. The van der Waals surface area contributed by atoms with Crippen LogP contribution in [-0.4, -0.2) is 47.3 Å². The number of rotatable bonds is 3. The Bertz CT molecular complexity index is 748. The zero-order valence-corrected chi connectivity index (χ0v) is 12.9. The van der Waals surface area contributed by atoms with Crippen molar-refractivity contribution in [1.82, 2.24) is 9.62 Å². The molecule has 0 saturated carbocycles. The second-order valence-electron chi connectivity index (χ2n) is 5.52. The lowest BCUT2D eigenvalue weighted by Gasteiger charge is -2.17. The van der Waals surface area contributed by atoms with Crippen molar-refractivity contribution in [1.29, 1.82) is 0 Å². The largest absolute Gasteiger partial charge is 0.316 e. The zero-order valence-electron chi connectivity index (χ0n) is 11.3. The molecule has 2 atom stereocenters. The normalized spacial score (nSPS) is 26.9. The number of fused-ring (bicyclic) bond motifs is 1. The predicted molar refractivity (Wildman–Crippen MR) is 76.4 cm³/mol. The molecular weight excluding hydrogens is 314 g/mol. The van der Waals surface area contributed by atoms with Gasteiger partial charge in [0, 0.05) is 13.1 Å². The maximum atomic E-state index is 12.6. The number of primary sulfonamides is 1. The molecule has 0 amide bonds. The number of nitrogens with zero attached hydrogens (tertiary/aromatic N) is 1. The Kier molecular flexibility index (Phi) is 3.57. The Balaban J connectivity index is 1.92. The molecule has 0 unspecified atom stereocenters. The highest BCUT2D eigenvalue weighted by molar-refractivity contribution is 7.90. The first kappa shape index (κ1) is 14.9. The summed E-state index contributed by atoms with van der Waals surface area (Å²) in [6.07, 6.45) is 0. The van der Waals surface area contributed by atoms with Crippen LogP contribution < -0.4 is 10.5 Å². The number of nitrogens with two attached hydrogens (primary N) is 1. The Morgan fingerprint density at radius 3 is 2.19 bits per heavy atom. The number of hydrogen-bond donors (Lipinski definition) is 2. The van der Waals surface area contributed by atoms with Gasteiger partial charge in [0.15, 0.2) is 0 Å². The van der Waals surface area contributed by atoms with Gasteiger partial charge >= 0.3 is 0 Å². The van der Waals surface area contributed by atoms with Crippen LogP contribution in [0.25, 0.3) is 0 Å². The average molecular weight is 331 g/mol. The Morgan fingerprint density at radius 1 is 1.05 bits per heavy atom. The van der Waals surface area contributed by atoms with Crippen LogP contribution in [0.5, 0.6) is 0 Å². The van der Waals surface area contributed by atoms with Gasteiger partial charge in [-0.1, -0.05) is 6.07 Å². The first-order chi connectivity index (χ1) is 9.78. The molecule has 2 fully saturated rings. The van der Waals surface area contributed by atoms with E-state index in [1.807, 2.05) is 0 Å². The number of sulfonamides is 2. The minimum absolute atomic E-state index is 0.0260. The highest BCUT2D eigenvalue weighted by Gasteiger charge is 2.41. The Morgan fingerprint density at radius 2 is 1.62 bits per heavy atom. The van der Waals surface area contributed by atoms with Crippen LogP contribution in [-0.2, 0) is 20.0 Å². The third-order valence-corrected chi connectivity index (χ3v) is 6.87. The lowest BCUT2D eigenvalue weighted by molar-refractivity contribution is 0.448. The zero-order chi connectivity index (χ0) is 15.3. The first-order valence-electron chi connectivity index (χ1n) is 6.62. The van der Waals surface area contributed by atoms with E-state index in [-0.39, 0.29) is 9.79 Å². The summed E-state index contributed by atoms with van der Waals surface area (Å²) in [6, 6.07) is 5.20. The molecule has 7 nitrogen and oxygen atoms in total. The molecule has 1 aromatic rings. The summed E-state index contributed by atoms with van der Waals surface area (Å²) in [6.45, 7) is 2.60. The molecule has 0 radical (unpaired) electrons. The van der Waals surface area contributed by atoms with E-state index < -0.39 is 20.0 Å². The van der Waals surface area contributed by atoms with Crippen LogP contribution in [0.15, 0.2) is 34.1 Å². The van der Waals surface area contributed by atoms with E-state index in [1.54, 1.807) is 0 Å². The maximum absolute atomic E-state index is 12.6. The van der Waals surface area contributed by atoms with Gasteiger partial charge in [-0.3, -0.25) is 0 Å². The molecule has 9 heteroatoms. The monoisotopic (exact) mass is 331 g/mol. The lowest BCUT2D eigenvalue weighted by Crippen LogP contribution is -2.32. The molecule has 2 aliphatic heterocycles. The lowest BCUT2D eigenvalue weighted by atomic mass is 10.0. The molecule has 2 heterocycles. The quantitative estimate of drug-likeness (QED) is 0.751. The van der Waals surface area contributed by atoms with Crippen molar-refractivity contribution >= 4 is 20.0 Å². The van der Waals surface area contributed by atoms with Crippen LogP contribution in [0, 0.1) is 11.8 Å². The minimum Gasteiger partial charge on any atom is -0.316 e. The van der Waals surface area contributed by atoms with Crippen LogP contribution in [0.2, 0.25) is 0 Å². The number of hydrogen-bond acceptors (Lipinski definition) is 5. The molecule has 0 spiro atoms. The Labute approximate surface area is 124 Å². The van der Waals surface area contributed by atoms with E-state index in [0.717, 1.165) is 19.2 Å². The fourth-order valence-electron chi connectivity index (χ4n) is 2.97. The van der Waals surface area contributed by atoms with Crippen molar-refractivity contribution in [3.8, 4) is 0 Å². The molecule has 21 heavy (non-hydrogen) atoms. The van der Waals surface area contributed by atoms with E-state index in [0.29, 0.717) is 24.9 Å². The van der Waals surface area contributed by atoms with Gasteiger partial charge in [-0.25, -0.2) is 22.0 Å². The average Bonchev–Trinajstić information content (AvgIpc) is 2.98. The van der Waals surface area contributed by atoms with Gasteiger partial charge in [0.05, 0.1) is 9.79 Å². The van der Waals surface area contributed by atoms with Crippen LogP contribution >= 0.6 is 0 Å². The molecule has 0 aromatic heterocycles. The molecule has 0 bridgehead atoms. The second kappa shape index (κ2) is 5.03. The first-order valence-corrected chi connectivity index (χ1v) is 9.61.